The Bertz CT molecular complexity index is 946. The van der Waals surface area contributed by atoms with Gasteiger partial charge in [0.05, 0.1) is 20.8 Å². The summed E-state index contributed by atoms with van der Waals surface area (Å²) >= 11 is 6.12. The van der Waals surface area contributed by atoms with Crippen LogP contribution < -0.4 is 0 Å². The van der Waals surface area contributed by atoms with Crippen LogP contribution in [-0.2, 0) is 0 Å². The van der Waals surface area contributed by atoms with Gasteiger partial charge >= 0.3 is 0 Å². The Morgan fingerprint density at radius 2 is 1.58 bits per heavy atom. The quantitative estimate of drug-likeness (QED) is 0.440. The van der Waals surface area contributed by atoms with Crippen LogP contribution in [0.2, 0.25) is 0 Å². The molecule has 0 aliphatic carbocycles. The van der Waals surface area contributed by atoms with Crippen LogP contribution in [0.15, 0.2) is 47.4 Å². The lowest BCUT2D eigenvalue weighted by Gasteiger charge is -1.83. The fraction of sp³-hybridized carbons (Fsp3) is 0. The third kappa shape index (κ3) is 4.01. The zero-order valence-corrected chi connectivity index (χ0v) is 15.3. The third-order valence-corrected chi connectivity index (χ3v) is 6.62. The molecule has 0 aliphatic heterocycles. The monoisotopic (exact) mass is 387 g/mol. The van der Waals surface area contributed by atoms with E-state index >= 15 is 0 Å². The maximum atomic E-state index is 10.4. The molecule has 0 unspecified atom stereocenters. The maximum Gasteiger partial charge on any atom is 0.161 e. The van der Waals surface area contributed by atoms with Gasteiger partial charge in [-0.15, -0.1) is 45.3 Å². The van der Waals surface area contributed by atoms with Crippen molar-refractivity contribution in [1.29, 1.82) is 5.26 Å². The standard InChI is InChI=1S/C8H4N2S2.C8H5NOS2/c9-4-6-5-10-8(12-6)7-2-1-3-11-7;10-5-6-4-9-8(12-6)7-2-1-3-11-7/h1-3,5H;1-5H. The molecular formula is C16H9N3OS4. The van der Waals surface area contributed by atoms with Gasteiger partial charge in [-0.05, 0) is 22.9 Å². The van der Waals surface area contributed by atoms with Crippen LogP contribution in [0, 0.1) is 11.3 Å². The smallest absolute Gasteiger partial charge is 0.161 e. The van der Waals surface area contributed by atoms with Crippen LogP contribution in [0.25, 0.3) is 19.8 Å². The molecule has 24 heavy (non-hydrogen) atoms. The third-order valence-electron chi connectivity index (χ3n) is 2.72. The first-order valence-electron chi connectivity index (χ1n) is 6.65. The van der Waals surface area contributed by atoms with Crippen molar-refractivity contribution in [3.63, 3.8) is 0 Å². The second-order valence-electron chi connectivity index (χ2n) is 4.28. The Hall–Kier alpha value is -2.18. The normalized spacial score (nSPS) is 9.79. The van der Waals surface area contributed by atoms with Crippen molar-refractivity contribution in [3.05, 3.63) is 57.2 Å². The molecular weight excluding hydrogens is 378 g/mol. The molecule has 0 saturated heterocycles. The van der Waals surface area contributed by atoms with E-state index in [1.165, 1.54) is 22.7 Å². The van der Waals surface area contributed by atoms with Gasteiger partial charge in [0.2, 0.25) is 0 Å². The number of hydrogen-bond donors (Lipinski definition) is 0. The van der Waals surface area contributed by atoms with Crippen molar-refractivity contribution in [2.75, 3.05) is 0 Å². The van der Waals surface area contributed by atoms with E-state index in [1.807, 2.05) is 35.0 Å². The van der Waals surface area contributed by atoms with Gasteiger partial charge in [0.25, 0.3) is 0 Å². The largest absolute Gasteiger partial charge is 0.297 e. The minimum absolute atomic E-state index is 0.665. The predicted molar refractivity (Wildman–Crippen MR) is 101 cm³/mol. The van der Waals surface area contributed by atoms with Crippen molar-refractivity contribution < 1.29 is 4.79 Å². The first kappa shape index (κ1) is 16.7. The maximum absolute atomic E-state index is 10.4. The molecule has 4 aromatic rings. The Kier molecular flexibility index (Phi) is 5.61. The summed E-state index contributed by atoms with van der Waals surface area (Å²) in [6, 6.07) is 10.0. The fourth-order valence-electron chi connectivity index (χ4n) is 1.70. The van der Waals surface area contributed by atoms with Gasteiger partial charge < -0.3 is 0 Å². The van der Waals surface area contributed by atoms with Gasteiger partial charge in [0.1, 0.15) is 21.0 Å². The number of carbonyl (C=O) groups is 1. The minimum Gasteiger partial charge on any atom is -0.297 e. The van der Waals surface area contributed by atoms with Crippen LogP contribution in [-0.4, -0.2) is 16.3 Å². The van der Waals surface area contributed by atoms with Crippen LogP contribution in [0.1, 0.15) is 14.5 Å². The zero-order valence-electron chi connectivity index (χ0n) is 12.1. The second kappa shape index (κ2) is 8.08. The molecule has 0 fully saturated rings. The van der Waals surface area contributed by atoms with Crippen molar-refractivity contribution in [3.8, 4) is 25.8 Å². The van der Waals surface area contributed by atoms with Crippen LogP contribution >= 0.6 is 45.3 Å². The summed E-state index contributed by atoms with van der Waals surface area (Å²) in [5, 5.41) is 14.4. The highest BCUT2D eigenvalue weighted by Crippen LogP contribution is 2.28. The number of carbonyl (C=O) groups excluding carboxylic acids is 1. The lowest BCUT2D eigenvalue weighted by atomic mass is 10.5. The van der Waals surface area contributed by atoms with E-state index in [0.29, 0.717) is 9.75 Å². The Morgan fingerprint density at radius 3 is 2.04 bits per heavy atom. The molecule has 0 aliphatic rings. The molecule has 0 radical (unpaired) electrons. The molecule has 4 rings (SSSR count). The first-order valence-corrected chi connectivity index (χ1v) is 10.0. The molecule has 4 heterocycles. The summed E-state index contributed by atoms with van der Waals surface area (Å²) in [7, 11) is 0. The highest BCUT2D eigenvalue weighted by Gasteiger charge is 2.04. The number of nitrogens with zero attached hydrogens (tertiary/aromatic N) is 3. The van der Waals surface area contributed by atoms with E-state index < -0.39 is 0 Å². The van der Waals surface area contributed by atoms with E-state index in [1.54, 1.807) is 35.1 Å². The molecule has 118 valence electrons. The lowest BCUT2D eigenvalue weighted by molar-refractivity contribution is 0.112. The Balaban J connectivity index is 0.000000141. The number of aromatic nitrogens is 2. The van der Waals surface area contributed by atoms with Crippen LogP contribution in [0.4, 0.5) is 0 Å². The SMILES string of the molecule is N#Cc1cnc(-c2cccs2)s1.O=Cc1cnc(-c2cccs2)s1. The molecule has 0 aromatic carbocycles. The van der Waals surface area contributed by atoms with Gasteiger partial charge in [0.15, 0.2) is 6.29 Å². The van der Waals surface area contributed by atoms with E-state index in [0.717, 1.165) is 26.1 Å². The van der Waals surface area contributed by atoms with E-state index in [-0.39, 0.29) is 0 Å². The summed E-state index contributed by atoms with van der Waals surface area (Å²) in [4.78, 5) is 22.2. The summed E-state index contributed by atoms with van der Waals surface area (Å²) < 4.78 is 0. The molecule has 0 bridgehead atoms. The van der Waals surface area contributed by atoms with Gasteiger partial charge in [-0.3, -0.25) is 4.79 Å². The summed E-state index contributed by atoms with van der Waals surface area (Å²) in [5.74, 6) is 0. The molecule has 0 N–H and O–H groups in total. The number of rotatable bonds is 3. The van der Waals surface area contributed by atoms with Crippen molar-refractivity contribution in [2.45, 2.75) is 0 Å². The van der Waals surface area contributed by atoms with Gasteiger partial charge in [0, 0.05) is 6.20 Å². The molecule has 4 nitrogen and oxygen atoms in total. The van der Waals surface area contributed by atoms with Gasteiger partial charge in [-0.2, -0.15) is 5.26 Å². The number of hydrogen-bond acceptors (Lipinski definition) is 8. The van der Waals surface area contributed by atoms with Gasteiger partial charge in [-0.1, -0.05) is 12.1 Å². The van der Waals surface area contributed by atoms with Crippen molar-refractivity contribution in [1.82, 2.24) is 9.97 Å². The topological polar surface area (TPSA) is 66.6 Å². The molecule has 8 heteroatoms. The fourth-order valence-corrected chi connectivity index (χ4v) is 4.75. The number of nitriles is 1. The first-order chi connectivity index (χ1) is 11.8. The average Bonchev–Trinajstić information content (AvgIpc) is 3.43. The van der Waals surface area contributed by atoms with Gasteiger partial charge in [-0.25, -0.2) is 9.97 Å². The summed E-state index contributed by atoms with van der Waals surface area (Å²) in [5.41, 5.74) is 0. The average molecular weight is 388 g/mol. The van der Waals surface area contributed by atoms with E-state index in [4.69, 9.17) is 5.26 Å². The molecule has 4 aromatic heterocycles. The van der Waals surface area contributed by atoms with Crippen LogP contribution in [0.3, 0.4) is 0 Å². The number of aldehydes is 1. The van der Waals surface area contributed by atoms with E-state index in [2.05, 4.69) is 16.0 Å². The molecule has 0 saturated carbocycles. The van der Waals surface area contributed by atoms with E-state index in [9.17, 15) is 4.79 Å². The van der Waals surface area contributed by atoms with Crippen LogP contribution in [0.5, 0.6) is 0 Å². The summed E-state index contributed by atoms with van der Waals surface area (Å²) in [6.07, 6.45) is 4.04. The second-order valence-corrected chi connectivity index (χ2v) is 8.27. The Morgan fingerprint density at radius 1 is 0.958 bits per heavy atom. The number of thiophene rings is 2. The van der Waals surface area contributed by atoms with Crippen molar-refractivity contribution >= 4 is 51.6 Å². The number of thiazole rings is 2. The zero-order chi connectivity index (χ0) is 16.8. The highest BCUT2D eigenvalue weighted by molar-refractivity contribution is 7.22. The lowest BCUT2D eigenvalue weighted by Crippen LogP contribution is -1.64. The van der Waals surface area contributed by atoms with Crippen molar-refractivity contribution in [2.24, 2.45) is 0 Å². The molecule has 0 spiro atoms. The predicted octanol–water partition coefficient (Wildman–Crippen LogP) is 5.43. The molecule has 0 amide bonds. The Labute approximate surface area is 154 Å². The minimum atomic E-state index is 0.665. The highest BCUT2D eigenvalue weighted by atomic mass is 32.1. The summed E-state index contributed by atoms with van der Waals surface area (Å²) in [6.45, 7) is 0. The molecule has 0 atom stereocenters.